The lowest BCUT2D eigenvalue weighted by molar-refractivity contribution is -0.114. The van der Waals surface area contributed by atoms with Crippen molar-refractivity contribution in [3.63, 3.8) is 0 Å². The summed E-state index contributed by atoms with van der Waals surface area (Å²) in [6.45, 7) is 3.00. The van der Waals surface area contributed by atoms with Gasteiger partial charge in [0.15, 0.2) is 5.13 Å². The zero-order chi connectivity index (χ0) is 13.8. The van der Waals surface area contributed by atoms with Gasteiger partial charge in [0, 0.05) is 31.4 Å². The number of thiazole rings is 1. The van der Waals surface area contributed by atoms with Crippen molar-refractivity contribution in [3.05, 3.63) is 11.1 Å². The van der Waals surface area contributed by atoms with Crippen molar-refractivity contribution < 1.29 is 9.59 Å². The van der Waals surface area contributed by atoms with Gasteiger partial charge >= 0.3 is 0 Å². The molecule has 0 saturated carbocycles. The number of hydrogen-bond acceptors (Lipinski definition) is 5. The number of nitrogens with zero attached hydrogens (tertiary/aromatic N) is 2. The van der Waals surface area contributed by atoms with E-state index in [2.05, 4.69) is 15.6 Å². The predicted octanol–water partition coefficient (Wildman–Crippen LogP) is 1.77. The van der Waals surface area contributed by atoms with Gasteiger partial charge in [0.1, 0.15) is 5.69 Å². The Morgan fingerprint density at radius 2 is 2.19 bits per heavy atom. The molecule has 1 aromatic rings. The van der Waals surface area contributed by atoms with E-state index in [1.807, 2.05) is 11.9 Å². The monoisotopic (exact) mass is 354 g/mol. The number of likely N-dealkylation sites (N-methyl/N-ethyl adjacent to an activating group) is 1. The molecule has 0 radical (unpaired) electrons. The Balaban J connectivity index is 0.00000200. The van der Waals surface area contributed by atoms with Crippen molar-refractivity contribution in [2.45, 2.75) is 25.8 Å². The SMILES string of the molecule is CNCC1CCCN1C(=O)c1csc(NC(C)=O)n1.Cl.Cl. The molecule has 1 fully saturated rings. The van der Waals surface area contributed by atoms with Crippen LogP contribution in [-0.2, 0) is 4.79 Å². The van der Waals surface area contributed by atoms with Crippen molar-refractivity contribution in [2.75, 3.05) is 25.5 Å². The summed E-state index contributed by atoms with van der Waals surface area (Å²) in [4.78, 5) is 29.3. The van der Waals surface area contributed by atoms with Gasteiger partial charge in [0.05, 0.1) is 0 Å². The van der Waals surface area contributed by atoms with Gasteiger partial charge in [-0.25, -0.2) is 4.98 Å². The van der Waals surface area contributed by atoms with E-state index in [9.17, 15) is 9.59 Å². The summed E-state index contributed by atoms with van der Waals surface area (Å²) < 4.78 is 0. The molecular formula is C12H20Cl2N4O2S. The summed E-state index contributed by atoms with van der Waals surface area (Å²) in [5, 5.41) is 7.87. The van der Waals surface area contributed by atoms with E-state index in [1.165, 1.54) is 18.3 Å². The minimum atomic E-state index is -0.178. The Labute approximate surface area is 140 Å². The Morgan fingerprint density at radius 3 is 2.81 bits per heavy atom. The molecule has 1 unspecified atom stereocenters. The molecule has 21 heavy (non-hydrogen) atoms. The van der Waals surface area contributed by atoms with Crippen LogP contribution < -0.4 is 10.6 Å². The maximum absolute atomic E-state index is 12.4. The third-order valence-electron chi connectivity index (χ3n) is 3.08. The fraction of sp³-hybridized carbons (Fsp3) is 0.583. The molecular weight excluding hydrogens is 335 g/mol. The number of nitrogens with one attached hydrogen (secondary N) is 2. The lowest BCUT2D eigenvalue weighted by Crippen LogP contribution is -2.40. The van der Waals surface area contributed by atoms with Crippen LogP contribution in [0.3, 0.4) is 0 Å². The van der Waals surface area contributed by atoms with Crippen LogP contribution in [0, 0.1) is 0 Å². The molecule has 0 bridgehead atoms. The van der Waals surface area contributed by atoms with Gasteiger partial charge in [-0.2, -0.15) is 0 Å². The molecule has 1 saturated heterocycles. The molecule has 2 heterocycles. The molecule has 0 aromatic carbocycles. The Bertz CT molecular complexity index is 484. The largest absolute Gasteiger partial charge is 0.333 e. The summed E-state index contributed by atoms with van der Waals surface area (Å²) in [7, 11) is 1.89. The summed E-state index contributed by atoms with van der Waals surface area (Å²) in [6, 6.07) is 0.239. The fourth-order valence-electron chi connectivity index (χ4n) is 2.28. The number of carbonyl (C=O) groups excluding carboxylic acids is 2. The second-order valence-corrected chi connectivity index (χ2v) is 5.43. The minimum absolute atomic E-state index is 0. The average molecular weight is 355 g/mol. The molecule has 1 atom stereocenters. The third-order valence-corrected chi connectivity index (χ3v) is 3.84. The van der Waals surface area contributed by atoms with Crippen molar-refractivity contribution in [2.24, 2.45) is 0 Å². The van der Waals surface area contributed by atoms with Crippen molar-refractivity contribution in [3.8, 4) is 0 Å². The fourth-order valence-corrected chi connectivity index (χ4v) is 3.01. The van der Waals surface area contributed by atoms with Gasteiger partial charge in [0.2, 0.25) is 5.91 Å². The first-order chi connectivity index (χ1) is 9.11. The first-order valence-electron chi connectivity index (χ1n) is 6.30. The second-order valence-electron chi connectivity index (χ2n) is 4.57. The lowest BCUT2D eigenvalue weighted by Gasteiger charge is -2.23. The summed E-state index contributed by atoms with van der Waals surface area (Å²) >= 11 is 1.27. The van der Waals surface area contributed by atoms with Crippen LogP contribution >= 0.6 is 36.2 Å². The lowest BCUT2D eigenvalue weighted by atomic mass is 10.2. The highest BCUT2D eigenvalue weighted by Gasteiger charge is 2.30. The number of amides is 2. The molecule has 2 rings (SSSR count). The molecule has 2 N–H and O–H groups in total. The van der Waals surface area contributed by atoms with Crippen molar-refractivity contribution in [1.29, 1.82) is 0 Å². The van der Waals surface area contributed by atoms with Crippen LogP contribution in [0.25, 0.3) is 0 Å². The van der Waals surface area contributed by atoms with Crippen LogP contribution in [-0.4, -0.2) is 47.9 Å². The summed E-state index contributed by atoms with van der Waals surface area (Å²) in [6.07, 6.45) is 2.05. The highest BCUT2D eigenvalue weighted by atomic mass is 35.5. The quantitative estimate of drug-likeness (QED) is 0.863. The van der Waals surface area contributed by atoms with E-state index in [-0.39, 0.29) is 42.7 Å². The smallest absolute Gasteiger partial charge is 0.273 e. The highest BCUT2D eigenvalue weighted by molar-refractivity contribution is 7.14. The predicted molar refractivity (Wildman–Crippen MR) is 88.9 cm³/mol. The van der Waals surface area contributed by atoms with E-state index in [0.29, 0.717) is 10.8 Å². The minimum Gasteiger partial charge on any atom is -0.333 e. The molecule has 0 aliphatic carbocycles. The molecule has 1 aliphatic rings. The Hall–Kier alpha value is -0.890. The molecule has 1 aliphatic heterocycles. The van der Waals surface area contributed by atoms with Crippen LogP contribution in [0.15, 0.2) is 5.38 Å². The van der Waals surface area contributed by atoms with Crippen LogP contribution in [0.1, 0.15) is 30.3 Å². The standard InChI is InChI=1S/C12H18N4O2S.2ClH/c1-8(17)14-12-15-10(7-19-12)11(18)16-5-3-4-9(16)6-13-2;;/h7,9,13H,3-6H2,1-2H3,(H,14,15,17);2*1H. The maximum Gasteiger partial charge on any atom is 0.273 e. The number of halogens is 2. The molecule has 0 spiro atoms. The topological polar surface area (TPSA) is 74.3 Å². The normalized spacial score (nSPS) is 16.9. The number of hydrogen-bond donors (Lipinski definition) is 2. The number of aromatic nitrogens is 1. The van der Waals surface area contributed by atoms with E-state index in [1.54, 1.807) is 5.38 Å². The van der Waals surface area contributed by atoms with Gasteiger partial charge in [-0.15, -0.1) is 36.2 Å². The zero-order valence-corrected chi connectivity index (χ0v) is 14.4. The average Bonchev–Trinajstić information content (AvgIpc) is 2.97. The van der Waals surface area contributed by atoms with E-state index >= 15 is 0 Å². The van der Waals surface area contributed by atoms with E-state index < -0.39 is 0 Å². The molecule has 2 amide bonds. The van der Waals surface area contributed by atoms with Gasteiger partial charge < -0.3 is 15.5 Å². The first-order valence-corrected chi connectivity index (χ1v) is 7.18. The van der Waals surface area contributed by atoms with E-state index in [4.69, 9.17) is 0 Å². The molecule has 6 nitrogen and oxygen atoms in total. The second kappa shape index (κ2) is 9.19. The summed E-state index contributed by atoms with van der Waals surface area (Å²) in [5.41, 5.74) is 0.414. The van der Waals surface area contributed by atoms with Gasteiger partial charge in [-0.1, -0.05) is 0 Å². The number of carbonyl (C=O) groups is 2. The van der Waals surface area contributed by atoms with Crippen LogP contribution in [0.2, 0.25) is 0 Å². The third kappa shape index (κ3) is 5.10. The molecule has 120 valence electrons. The number of likely N-dealkylation sites (tertiary alicyclic amines) is 1. The van der Waals surface area contributed by atoms with Crippen molar-refractivity contribution >= 4 is 53.1 Å². The van der Waals surface area contributed by atoms with Crippen LogP contribution in [0.5, 0.6) is 0 Å². The number of anilines is 1. The summed E-state index contributed by atoms with van der Waals surface area (Å²) in [5.74, 6) is -0.229. The van der Waals surface area contributed by atoms with Gasteiger partial charge in [-0.3, -0.25) is 9.59 Å². The first kappa shape index (κ1) is 20.1. The Morgan fingerprint density at radius 1 is 1.48 bits per heavy atom. The molecule has 1 aromatic heterocycles. The van der Waals surface area contributed by atoms with E-state index in [0.717, 1.165) is 25.9 Å². The molecule has 9 heteroatoms. The maximum atomic E-state index is 12.4. The van der Waals surface area contributed by atoms with Crippen LogP contribution in [0.4, 0.5) is 5.13 Å². The van der Waals surface area contributed by atoms with Gasteiger partial charge in [0.25, 0.3) is 5.91 Å². The van der Waals surface area contributed by atoms with Crippen molar-refractivity contribution in [1.82, 2.24) is 15.2 Å². The Kier molecular flexibility index (Phi) is 8.80. The van der Waals surface area contributed by atoms with Gasteiger partial charge in [-0.05, 0) is 19.9 Å². The zero-order valence-electron chi connectivity index (χ0n) is 11.9. The highest BCUT2D eigenvalue weighted by Crippen LogP contribution is 2.22. The number of rotatable bonds is 4.